The van der Waals surface area contributed by atoms with Gasteiger partial charge in [-0.05, 0) is 5.41 Å². The number of nitrogens with one attached hydrogen (secondary N) is 1. The molecule has 1 heterocycles. The summed E-state index contributed by atoms with van der Waals surface area (Å²) in [7, 11) is 0. The highest BCUT2D eigenvalue weighted by atomic mass is 35.5. The summed E-state index contributed by atoms with van der Waals surface area (Å²) in [5, 5.41) is 4.29. The maximum atomic E-state index is 12.6. The normalized spacial score (nSPS) is 11.6. The number of carbonyl (C=O) groups is 1. The van der Waals surface area contributed by atoms with Crippen LogP contribution in [0.5, 0.6) is 0 Å². The molecule has 0 fully saturated rings. The third-order valence-electron chi connectivity index (χ3n) is 1.92. The lowest BCUT2D eigenvalue weighted by atomic mass is 9.92. The van der Waals surface area contributed by atoms with Gasteiger partial charge < -0.3 is 5.32 Å². The fourth-order valence-electron chi connectivity index (χ4n) is 1.26. The van der Waals surface area contributed by atoms with Gasteiger partial charge in [-0.2, -0.15) is 0 Å². The second kappa shape index (κ2) is 5.15. The van der Waals surface area contributed by atoms with E-state index in [1.807, 2.05) is 20.8 Å². The molecule has 0 unspecified atom stereocenters. The molecular formula is C11H15ClFNOS. The second-order valence-corrected chi connectivity index (χ2v) is 6.31. The molecule has 0 radical (unpaired) electrons. The number of halogens is 2. The summed E-state index contributed by atoms with van der Waals surface area (Å²) in [5.74, 6) is -0.137. The van der Waals surface area contributed by atoms with E-state index in [0.717, 1.165) is 0 Å². The van der Waals surface area contributed by atoms with Gasteiger partial charge in [0.25, 0.3) is 0 Å². The molecular weight excluding hydrogens is 249 g/mol. The number of amides is 1. The highest BCUT2D eigenvalue weighted by Gasteiger charge is 2.18. The van der Waals surface area contributed by atoms with Gasteiger partial charge in [-0.1, -0.05) is 32.4 Å². The van der Waals surface area contributed by atoms with Gasteiger partial charge in [0.2, 0.25) is 5.91 Å². The van der Waals surface area contributed by atoms with E-state index < -0.39 is 6.67 Å². The average molecular weight is 264 g/mol. The molecule has 90 valence electrons. The van der Waals surface area contributed by atoms with Crippen LogP contribution in [0.1, 0.15) is 32.8 Å². The van der Waals surface area contributed by atoms with Gasteiger partial charge in [0.1, 0.15) is 11.0 Å². The Hall–Kier alpha value is -0.610. The van der Waals surface area contributed by atoms with Crippen molar-refractivity contribution >= 4 is 34.5 Å². The van der Waals surface area contributed by atoms with Crippen LogP contribution in [0.25, 0.3) is 0 Å². The zero-order valence-electron chi connectivity index (χ0n) is 9.56. The molecule has 0 bridgehead atoms. The van der Waals surface area contributed by atoms with Crippen molar-refractivity contribution in [1.82, 2.24) is 0 Å². The Morgan fingerprint density at radius 1 is 1.56 bits per heavy atom. The van der Waals surface area contributed by atoms with E-state index in [2.05, 4.69) is 5.32 Å². The largest absolute Gasteiger partial charge is 0.324 e. The van der Waals surface area contributed by atoms with E-state index >= 15 is 0 Å². The molecule has 1 aromatic rings. The Labute approximate surface area is 104 Å². The molecule has 0 aliphatic rings. The first-order valence-electron chi connectivity index (χ1n) is 4.95. The van der Waals surface area contributed by atoms with Gasteiger partial charge >= 0.3 is 0 Å². The molecule has 0 atom stereocenters. The van der Waals surface area contributed by atoms with Crippen LogP contribution in [-0.4, -0.2) is 5.91 Å². The van der Waals surface area contributed by atoms with Crippen molar-refractivity contribution in [2.24, 2.45) is 5.41 Å². The summed E-state index contributed by atoms with van der Waals surface area (Å²) in [5.41, 5.74) is 0.767. The zero-order valence-corrected chi connectivity index (χ0v) is 11.1. The van der Waals surface area contributed by atoms with E-state index in [4.69, 9.17) is 11.6 Å². The Balaban J connectivity index is 2.73. The van der Waals surface area contributed by atoms with Crippen molar-refractivity contribution in [2.45, 2.75) is 33.9 Å². The van der Waals surface area contributed by atoms with Crippen molar-refractivity contribution in [2.75, 3.05) is 5.32 Å². The summed E-state index contributed by atoms with van der Waals surface area (Å²) < 4.78 is 13.0. The van der Waals surface area contributed by atoms with Crippen LogP contribution in [0.3, 0.4) is 0 Å². The van der Waals surface area contributed by atoms with E-state index in [0.29, 0.717) is 22.0 Å². The minimum atomic E-state index is -0.617. The fraction of sp³-hybridized carbons (Fsp3) is 0.545. The SMILES string of the molecule is CC(C)(C)CC(=O)Nc1c(CF)csc1Cl. The molecule has 0 aromatic carbocycles. The van der Waals surface area contributed by atoms with Crippen molar-refractivity contribution in [3.8, 4) is 0 Å². The number of rotatable bonds is 3. The van der Waals surface area contributed by atoms with Crippen molar-refractivity contribution in [1.29, 1.82) is 0 Å². The Morgan fingerprint density at radius 3 is 2.69 bits per heavy atom. The lowest BCUT2D eigenvalue weighted by Gasteiger charge is -2.17. The smallest absolute Gasteiger partial charge is 0.224 e. The summed E-state index contributed by atoms with van der Waals surface area (Å²) in [4.78, 5) is 11.7. The van der Waals surface area contributed by atoms with Crippen LogP contribution >= 0.6 is 22.9 Å². The van der Waals surface area contributed by atoms with Gasteiger partial charge in [-0.3, -0.25) is 4.79 Å². The van der Waals surface area contributed by atoms with Gasteiger partial charge in [0, 0.05) is 17.4 Å². The summed E-state index contributed by atoms with van der Waals surface area (Å²) >= 11 is 7.10. The summed E-state index contributed by atoms with van der Waals surface area (Å²) in [6.07, 6.45) is 0.380. The predicted octanol–water partition coefficient (Wildman–Crippen LogP) is 4.25. The molecule has 0 aliphatic heterocycles. The van der Waals surface area contributed by atoms with Gasteiger partial charge in [-0.25, -0.2) is 4.39 Å². The number of thiophene rings is 1. The first kappa shape index (κ1) is 13.5. The lowest BCUT2D eigenvalue weighted by molar-refractivity contribution is -0.117. The lowest BCUT2D eigenvalue weighted by Crippen LogP contribution is -2.20. The van der Waals surface area contributed by atoms with Crippen molar-refractivity contribution < 1.29 is 9.18 Å². The maximum Gasteiger partial charge on any atom is 0.224 e. The summed E-state index contributed by atoms with van der Waals surface area (Å²) in [6.45, 7) is 5.29. The summed E-state index contributed by atoms with van der Waals surface area (Å²) in [6, 6.07) is 0. The molecule has 0 saturated carbocycles. The number of alkyl halides is 1. The molecule has 0 saturated heterocycles. The molecule has 16 heavy (non-hydrogen) atoms. The highest BCUT2D eigenvalue weighted by Crippen LogP contribution is 2.34. The Kier molecular flexibility index (Phi) is 4.33. The van der Waals surface area contributed by atoms with Gasteiger partial charge in [0.05, 0.1) is 5.69 Å². The molecule has 0 aliphatic carbocycles. The molecule has 0 spiro atoms. The number of carbonyl (C=O) groups excluding carboxylic acids is 1. The Morgan fingerprint density at radius 2 is 2.19 bits per heavy atom. The van der Waals surface area contributed by atoms with Gasteiger partial charge in [-0.15, -0.1) is 11.3 Å². The highest BCUT2D eigenvalue weighted by molar-refractivity contribution is 7.15. The van der Waals surface area contributed by atoms with E-state index in [-0.39, 0.29) is 11.3 Å². The van der Waals surface area contributed by atoms with Crippen LogP contribution in [0.15, 0.2) is 5.38 Å². The third kappa shape index (κ3) is 3.76. The van der Waals surface area contributed by atoms with E-state index in [9.17, 15) is 9.18 Å². The quantitative estimate of drug-likeness (QED) is 0.868. The standard InChI is InChI=1S/C11H15ClFNOS/c1-11(2,3)4-8(15)14-9-7(5-13)6-16-10(9)12/h6H,4-5H2,1-3H3,(H,14,15). The fourth-order valence-corrected chi connectivity index (χ4v) is 2.29. The van der Waals surface area contributed by atoms with Crippen LogP contribution in [0.2, 0.25) is 4.34 Å². The number of hydrogen-bond acceptors (Lipinski definition) is 2. The number of hydrogen-bond donors (Lipinski definition) is 1. The Bertz CT molecular complexity index is 384. The average Bonchev–Trinajstić information content (AvgIpc) is 2.44. The van der Waals surface area contributed by atoms with E-state index in [1.165, 1.54) is 11.3 Å². The van der Waals surface area contributed by atoms with Crippen LogP contribution in [0, 0.1) is 5.41 Å². The van der Waals surface area contributed by atoms with E-state index in [1.54, 1.807) is 5.38 Å². The number of anilines is 1. The minimum Gasteiger partial charge on any atom is -0.324 e. The predicted molar refractivity (Wildman–Crippen MR) is 66.8 cm³/mol. The second-order valence-electron chi connectivity index (χ2n) is 4.83. The third-order valence-corrected chi connectivity index (χ3v) is 3.19. The molecule has 2 nitrogen and oxygen atoms in total. The monoisotopic (exact) mass is 263 g/mol. The molecule has 1 rings (SSSR count). The van der Waals surface area contributed by atoms with Crippen LogP contribution in [-0.2, 0) is 11.5 Å². The van der Waals surface area contributed by atoms with Gasteiger partial charge in [0.15, 0.2) is 0 Å². The van der Waals surface area contributed by atoms with Crippen molar-refractivity contribution in [3.63, 3.8) is 0 Å². The first-order valence-corrected chi connectivity index (χ1v) is 6.21. The molecule has 1 aromatic heterocycles. The van der Waals surface area contributed by atoms with Crippen LogP contribution in [0.4, 0.5) is 10.1 Å². The zero-order chi connectivity index (χ0) is 12.3. The maximum absolute atomic E-state index is 12.6. The van der Waals surface area contributed by atoms with Crippen molar-refractivity contribution in [3.05, 3.63) is 15.3 Å². The van der Waals surface area contributed by atoms with Crippen LogP contribution < -0.4 is 5.32 Å². The first-order chi connectivity index (χ1) is 7.33. The topological polar surface area (TPSA) is 29.1 Å². The molecule has 1 amide bonds. The molecule has 1 N–H and O–H groups in total. The minimum absolute atomic E-state index is 0.0948. The molecule has 5 heteroatoms.